The summed E-state index contributed by atoms with van der Waals surface area (Å²) in [5.41, 5.74) is 2.72. The van der Waals surface area contributed by atoms with Crippen LogP contribution < -0.4 is 26.6 Å². The number of hydrogen-bond donors (Lipinski definition) is 5. The number of halogens is 6. The number of imide groups is 1. The number of aromatic nitrogens is 4. The summed E-state index contributed by atoms with van der Waals surface area (Å²) in [5.74, 6) is 0.953. The Morgan fingerprint density at radius 1 is 0.851 bits per heavy atom. The van der Waals surface area contributed by atoms with Crippen LogP contribution in [0.15, 0.2) is 49.1 Å². The van der Waals surface area contributed by atoms with Crippen LogP contribution in [0, 0.1) is 76.4 Å². The van der Waals surface area contributed by atoms with Gasteiger partial charge in [-0.25, -0.2) is 13.8 Å². The molecule has 394 valence electrons. The van der Waals surface area contributed by atoms with Crippen molar-refractivity contribution in [1.29, 1.82) is 10.5 Å². The van der Waals surface area contributed by atoms with Crippen molar-refractivity contribution in [3.63, 3.8) is 0 Å². The van der Waals surface area contributed by atoms with Crippen LogP contribution >= 0.6 is 0 Å². The molecule has 4 aromatic heterocycles. The maximum absolute atomic E-state index is 13.0. The number of nitrogens with one attached hydrogen (secondary N) is 5. The maximum Gasteiger partial charge on any atom is 0.471 e. The van der Waals surface area contributed by atoms with E-state index in [0.29, 0.717) is 58.0 Å². The topological polar surface area (TPSA) is 231 Å². The van der Waals surface area contributed by atoms with Gasteiger partial charge in [-0.3, -0.25) is 24.5 Å². The Hall–Kier alpha value is -7.63. The highest BCUT2D eigenvalue weighted by Gasteiger charge is 2.65. The molecule has 4 aromatic rings. The van der Waals surface area contributed by atoms with Crippen LogP contribution in [0.3, 0.4) is 0 Å². The minimum atomic E-state index is -5.26. The number of urea groups is 1. The molecule has 5 heterocycles. The fourth-order valence-electron chi connectivity index (χ4n) is 9.30. The average Bonchev–Trinajstić information content (AvgIpc) is 3.95. The Morgan fingerprint density at radius 2 is 1.35 bits per heavy atom. The molecule has 1 aliphatic heterocycles. The maximum atomic E-state index is 13.0. The van der Waals surface area contributed by atoms with Gasteiger partial charge in [-0.2, -0.15) is 47.1 Å². The van der Waals surface area contributed by atoms with E-state index in [1.807, 2.05) is 33.8 Å². The Morgan fingerprint density at radius 3 is 1.74 bits per heavy atom. The molecule has 4 aliphatic rings. The van der Waals surface area contributed by atoms with Crippen molar-refractivity contribution in [2.75, 3.05) is 13.6 Å². The first-order valence-corrected chi connectivity index (χ1v) is 23.9. The molecule has 0 radical (unpaired) electrons. The van der Waals surface area contributed by atoms with Crippen molar-refractivity contribution in [3.05, 3.63) is 71.3 Å². The average molecular weight is 1030 g/mol. The lowest BCUT2D eigenvalue weighted by Crippen LogP contribution is -2.59. The van der Waals surface area contributed by atoms with Gasteiger partial charge < -0.3 is 26.2 Å². The molecular weight excluding hydrogens is 975 g/mol. The van der Waals surface area contributed by atoms with Gasteiger partial charge in [0, 0.05) is 36.1 Å². The van der Waals surface area contributed by atoms with Gasteiger partial charge in [0.2, 0.25) is 11.8 Å². The highest BCUT2D eigenvalue weighted by Crippen LogP contribution is 2.62. The number of pyridine rings is 2. The van der Waals surface area contributed by atoms with Crippen molar-refractivity contribution in [3.8, 4) is 36.8 Å². The molecule has 3 aliphatic carbocycles. The summed E-state index contributed by atoms with van der Waals surface area (Å²) < 4.78 is 76.5. The van der Waals surface area contributed by atoms with Gasteiger partial charge in [0.15, 0.2) is 0 Å². The van der Waals surface area contributed by atoms with Gasteiger partial charge in [0.25, 0.3) is 0 Å². The van der Waals surface area contributed by atoms with Crippen molar-refractivity contribution in [2.45, 2.75) is 122 Å². The first kappa shape index (κ1) is 57.3. The number of likely N-dealkylation sites (N-methyl/N-ethyl adjacent to an activating group) is 1. The zero-order valence-corrected chi connectivity index (χ0v) is 41.8. The SMILES string of the molecule is C#Cc1cccn2ncc(C(C#N)NC(=O)C(CC3CC3)N(C)C(=O)NC(=O)C(F)(F)F)c12.C#Cc1cccn2ncc(C(C#N)NC(=O)C3NCC4C3C4(C)C)c12.CC.CC(C)C1(NC(=O)C(F)(F)F)CCC1. The molecule has 0 aromatic carbocycles. The lowest BCUT2D eigenvalue weighted by molar-refractivity contribution is -0.177. The molecule has 6 amide bonds. The molecule has 4 fully saturated rings. The zero-order chi connectivity index (χ0) is 55.1. The third-order valence-electron chi connectivity index (χ3n) is 14.0. The lowest BCUT2D eigenvalue weighted by Gasteiger charge is -2.46. The fraction of sp³-hybridized carbons (Fsp3) is 0.510. The molecule has 6 unspecified atom stereocenters. The second-order valence-electron chi connectivity index (χ2n) is 19.1. The van der Waals surface area contributed by atoms with E-state index in [1.165, 1.54) is 16.0 Å². The van der Waals surface area contributed by atoms with Gasteiger partial charge in [0.1, 0.15) is 18.1 Å². The van der Waals surface area contributed by atoms with Crippen LogP contribution in [0.4, 0.5) is 31.1 Å². The van der Waals surface area contributed by atoms with E-state index in [-0.39, 0.29) is 35.6 Å². The number of nitriles is 2. The number of nitrogens with zero attached hydrogens (tertiary/aromatic N) is 7. The van der Waals surface area contributed by atoms with Crippen molar-refractivity contribution in [1.82, 2.24) is 50.7 Å². The fourth-order valence-corrected chi connectivity index (χ4v) is 9.30. The van der Waals surface area contributed by atoms with Gasteiger partial charge in [-0.1, -0.05) is 66.2 Å². The molecule has 8 rings (SSSR count). The third kappa shape index (κ3) is 12.6. The number of alkyl halides is 6. The Balaban J connectivity index is 0.000000217. The van der Waals surface area contributed by atoms with E-state index in [0.717, 1.165) is 37.8 Å². The molecular formula is C51H58F6N12O5. The largest absolute Gasteiger partial charge is 0.471 e. The number of fused-ring (bicyclic) bond motifs is 3. The summed E-state index contributed by atoms with van der Waals surface area (Å²) in [6, 6.07) is 6.21. The van der Waals surface area contributed by atoms with Gasteiger partial charge in [-0.15, -0.1) is 12.8 Å². The van der Waals surface area contributed by atoms with Gasteiger partial charge in [-0.05, 0) is 85.6 Å². The first-order chi connectivity index (χ1) is 34.8. The highest BCUT2D eigenvalue weighted by atomic mass is 19.4. The van der Waals surface area contributed by atoms with Crippen LogP contribution in [0.2, 0.25) is 0 Å². The molecule has 6 atom stereocenters. The van der Waals surface area contributed by atoms with Crippen molar-refractivity contribution in [2.24, 2.45) is 29.1 Å². The number of piperidine rings is 1. The van der Waals surface area contributed by atoms with E-state index >= 15 is 0 Å². The molecule has 0 spiro atoms. The Kier molecular flexibility index (Phi) is 17.9. The predicted octanol–water partition coefficient (Wildman–Crippen LogP) is 6.41. The predicted molar refractivity (Wildman–Crippen MR) is 257 cm³/mol. The third-order valence-corrected chi connectivity index (χ3v) is 14.0. The second-order valence-corrected chi connectivity index (χ2v) is 19.1. The van der Waals surface area contributed by atoms with Gasteiger partial charge in [0.05, 0.1) is 52.7 Å². The minimum Gasteiger partial charge on any atom is -0.343 e. The monoisotopic (exact) mass is 1030 g/mol. The Labute approximate surface area is 424 Å². The lowest BCUT2D eigenvalue weighted by atomic mass is 9.69. The molecule has 17 nitrogen and oxygen atoms in total. The van der Waals surface area contributed by atoms with Crippen LogP contribution in [0.1, 0.15) is 114 Å². The van der Waals surface area contributed by atoms with E-state index in [2.05, 4.69) is 63.2 Å². The number of rotatable bonds is 11. The van der Waals surface area contributed by atoms with Crippen LogP contribution in [-0.2, 0) is 19.2 Å². The normalized spacial score (nSPS) is 19.8. The number of terminal acetylenes is 2. The van der Waals surface area contributed by atoms with E-state index < -0.39 is 59.8 Å². The summed E-state index contributed by atoms with van der Waals surface area (Å²) >= 11 is 0. The summed E-state index contributed by atoms with van der Waals surface area (Å²) in [6.45, 7) is 12.9. The quantitative estimate of drug-likeness (QED) is 0.0819. The number of carbonyl (C=O) groups excluding carboxylic acids is 5. The molecule has 0 bridgehead atoms. The molecule has 1 saturated heterocycles. The number of amides is 6. The molecule has 74 heavy (non-hydrogen) atoms. The summed E-state index contributed by atoms with van der Waals surface area (Å²) in [7, 11) is 1.11. The molecule has 23 heteroatoms. The van der Waals surface area contributed by atoms with Crippen molar-refractivity contribution < 1.29 is 50.3 Å². The van der Waals surface area contributed by atoms with Crippen molar-refractivity contribution >= 4 is 40.7 Å². The summed E-state index contributed by atoms with van der Waals surface area (Å²) in [4.78, 5) is 60.6. The number of carbonyl (C=O) groups is 5. The summed E-state index contributed by atoms with van der Waals surface area (Å²) in [5, 5.41) is 39.7. The summed E-state index contributed by atoms with van der Waals surface area (Å²) in [6.07, 6.45) is 11.3. The standard InChI is InChI=1S/C21H19F3N6O3.C19H19N5O.C9H14F3NO.C2H6/c1-3-13-5-4-8-30-17(13)14(11-26-30)15(10-25)27-18(31)16(9-12-6-7-12)29(2)20(33)28-19(32)21(22,23)24;1-4-11-6-5-7-24-17(11)12(9-22-24)14(8-20)23-18(25)16-15-13(10-21-16)19(15,2)3;1-6(2)8(4-3-5-8)13-7(14)9(10,11)12;1-2/h1,4-5,8,11-12,15-16H,6-7,9H2,2H3,(H,27,31)(H,28,32,33);1,5-7,9,13-16,21H,10H2,2-3H3,(H,23,25);6H,3-5H2,1-2H3,(H,13,14);1-2H3. The van der Waals surface area contributed by atoms with Crippen LogP contribution in [-0.4, -0.2) is 97.4 Å². The van der Waals surface area contributed by atoms with Gasteiger partial charge >= 0.3 is 30.2 Å². The Bertz CT molecular complexity index is 2910. The number of hydrogen-bond acceptors (Lipinski definition) is 10. The first-order valence-electron chi connectivity index (χ1n) is 23.9. The van der Waals surface area contributed by atoms with E-state index in [4.69, 9.17) is 12.8 Å². The second kappa shape index (κ2) is 23.1. The molecule has 5 N–H and O–H groups in total. The van der Waals surface area contributed by atoms with Crippen LogP contribution in [0.5, 0.6) is 0 Å². The van der Waals surface area contributed by atoms with Crippen LogP contribution in [0.25, 0.3) is 11.0 Å². The molecule has 3 saturated carbocycles. The van der Waals surface area contributed by atoms with E-state index in [9.17, 15) is 60.8 Å². The van der Waals surface area contributed by atoms with E-state index in [1.54, 1.807) is 47.4 Å². The smallest absolute Gasteiger partial charge is 0.343 e. The zero-order valence-electron chi connectivity index (χ0n) is 41.8. The highest BCUT2D eigenvalue weighted by molar-refractivity contribution is 5.98. The minimum absolute atomic E-state index is 0.0440.